The normalized spacial score (nSPS) is 13.2. The standard InChI is InChI=1S/C21H44O3S/c1-4-6-8-10-12-13-15-17-19-21(20-24-25(3,22)23)18-16-14-11-9-7-5-2/h21H,4-20H2,1-3H3. The summed E-state index contributed by atoms with van der Waals surface area (Å²) >= 11 is 0. The van der Waals surface area contributed by atoms with Gasteiger partial charge in [0.25, 0.3) is 10.1 Å². The Morgan fingerprint density at radius 2 is 1.00 bits per heavy atom. The lowest BCUT2D eigenvalue weighted by Crippen LogP contribution is -2.14. The SMILES string of the molecule is CCCCCCCCCCC(CCCCCCCC)COS(C)(=O)=O. The first-order valence-electron chi connectivity index (χ1n) is 10.8. The van der Waals surface area contributed by atoms with Crippen molar-refractivity contribution in [3.8, 4) is 0 Å². The van der Waals surface area contributed by atoms with E-state index in [9.17, 15) is 8.42 Å². The molecule has 0 bridgehead atoms. The molecule has 0 fully saturated rings. The van der Waals surface area contributed by atoms with Gasteiger partial charge in [0.2, 0.25) is 0 Å². The highest BCUT2D eigenvalue weighted by Crippen LogP contribution is 2.20. The van der Waals surface area contributed by atoms with E-state index < -0.39 is 10.1 Å². The second-order valence-electron chi connectivity index (χ2n) is 7.67. The van der Waals surface area contributed by atoms with Crippen LogP contribution in [0, 0.1) is 5.92 Å². The van der Waals surface area contributed by atoms with Crippen molar-refractivity contribution >= 4 is 10.1 Å². The molecule has 0 heterocycles. The molecular formula is C21H44O3S. The van der Waals surface area contributed by atoms with Crippen LogP contribution in [0.5, 0.6) is 0 Å². The second-order valence-corrected chi connectivity index (χ2v) is 9.32. The Bertz CT molecular complexity index is 365. The Morgan fingerprint density at radius 1 is 0.640 bits per heavy atom. The van der Waals surface area contributed by atoms with Crippen LogP contribution in [0.4, 0.5) is 0 Å². The van der Waals surface area contributed by atoms with Crippen molar-refractivity contribution in [2.75, 3.05) is 12.9 Å². The van der Waals surface area contributed by atoms with E-state index in [0.717, 1.165) is 19.1 Å². The Morgan fingerprint density at radius 3 is 1.36 bits per heavy atom. The van der Waals surface area contributed by atoms with Crippen molar-refractivity contribution in [3.05, 3.63) is 0 Å². The number of hydrogen-bond donors (Lipinski definition) is 0. The van der Waals surface area contributed by atoms with Gasteiger partial charge in [-0.25, -0.2) is 0 Å². The summed E-state index contributed by atoms with van der Waals surface area (Å²) in [5, 5.41) is 0. The lowest BCUT2D eigenvalue weighted by Gasteiger charge is -2.16. The molecule has 4 heteroatoms. The van der Waals surface area contributed by atoms with Crippen LogP contribution in [0.15, 0.2) is 0 Å². The highest BCUT2D eigenvalue weighted by molar-refractivity contribution is 7.85. The summed E-state index contributed by atoms with van der Waals surface area (Å²) in [5.41, 5.74) is 0. The molecule has 1 atom stereocenters. The van der Waals surface area contributed by atoms with E-state index in [1.54, 1.807) is 0 Å². The van der Waals surface area contributed by atoms with Crippen LogP contribution in [0.1, 0.15) is 117 Å². The molecule has 0 saturated heterocycles. The molecule has 0 rings (SSSR count). The van der Waals surface area contributed by atoms with Crippen LogP contribution in [-0.4, -0.2) is 21.3 Å². The highest BCUT2D eigenvalue weighted by Gasteiger charge is 2.12. The van der Waals surface area contributed by atoms with Gasteiger partial charge >= 0.3 is 0 Å². The van der Waals surface area contributed by atoms with Crippen LogP contribution >= 0.6 is 0 Å². The fraction of sp³-hybridized carbons (Fsp3) is 1.00. The number of rotatable bonds is 19. The summed E-state index contributed by atoms with van der Waals surface area (Å²) in [7, 11) is -3.31. The van der Waals surface area contributed by atoms with Gasteiger partial charge in [0.15, 0.2) is 0 Å². The highest BCUT2D eigenvalue weighted by atomic mass is 32.2. The summed E-state index contributed by atoms with van der Waals surface area (Å²) in [6.45, 7) is 4.87. The van der Waals surface area contributed by atoms with Gasteiger partial charge in [-0.2, -0.15) is 8.42 Å². The average molecular weight is 377 g/mol. The van der Waals surface area contributed by atoms with Gasteiger partial charge in [0.05, 0.1) is 12.9 Å². The molecule has 0 aliphatic carbocycles. The molecule has 152 valence electrons. The summed E-state index contributed by atoms with van der Waals surface area (Å²) in [6, 6.07) is 0. The molecule has 0 spiro atoms. The van der Waals surface area contributed by atoms with Crippen LogP contribution in [0.3, 0.4) is 0 Å². The van der Waals surface area contributed by atoms with Crippen molar-refractivity contribution in [2.45, 2.75) is 117 Å². The first-order chi connectivity index (χ1) is 12.0. The zero-order valence-electron chi connectivity index (χ0n) is 17.2. The van der Waals surface area contributed by atoms with E-state index >= 15 is 0 Å². The minimum Gasteiger partial charge on any atom is -0.270 e. The summed E-state index contributed by atoms with van der Waals surface area (Å²) < 4.78 is 27.6. The van der Waals surface area contributed by atoms with Gasteiger partial charge in [0, 0.05) is 0 Å². The van der Waals surface area contributed by atoms with E-state index in [-0.39, 0.29) is 0 Å². The van der Waals surface area contributed by atoms with Crippen molar-refractivity contribution in [3.63, 3.8) is 0 Å². The predicted octanol–water partition coefficient (Wildman–Crippen LogP) is 6.86. The lowest BCUT2D eigenvalue weighted by molar-refractivity contribution is 0.231. The second kappa shape index (κ2) is 17.3. The van der Waals surface area contributed by atoms with Crippen molar-refractivity contribution < 1.29 is 12.6 Å². The van der Waals surface area contributed by atoms with Gasteiger partial charge in [-0.15, -0.1) is 0 Å². The molecule has 0 radical (unpaired) electrons. The Kier molecular flexibility index (Phi) is 17.3. The quantitative estimate of drug-likeness (QED) is 0.183. The molecule has 0 aliphatic heterocycles. The fourth-order valence-corrected chi connectivity index (χ4v) is 3.75. The molecule has 25 heavy (non-hydrogen) atoms. The third-order valence-corrected chi connectivity index (χ3v) is 5.51. The monoisotopic (exact) mass is 376 g/mol. The maximum absolute atomic E-state index is 11.3. The van der Waals surface area contributed by atoms with Crippen molar-refractivity contribution in [2.24, 2.45) is 5.92 Å². The molecule has 0 aliphatic rings. The van der Waals surface area contributed by atoms with Crippen LogP contribution in [-0.2, 0) is 14.3 Å². The topological polar surface area (TPSA) is 43.4 Å². The number of hydrogen-bond acceptors (Lipinski definition) is 3. The maximum atomic E-state index is 11.3. The van der Waals surface area contributed by atoms with Gasteiger partial charge in [-0.3, -0.25) is 4.18 Å². The van der Waals surface area contributed by atoms with Gasteiger partial charge in [-0.1, -0.05) is 104 Å². The summed E-state index contributed by atoms with van der Waals surface area (Å²) in [5.74, 6) is 0.404. The molecule has 0 aromatic carbocycles. The third kappa shape index (κ3) is 20.1. The van der Waals surface area contributed by atoms with E-state index in [4.69, 9.17) is 4.18 Å². The molecule has 0 amide bonds. The van der Waals surface area contributed by atoms with Gasteiger partial charge in [-0.05, 0) is 18.8 Å². The van der Waals surface area contributed by atoms with Crippen molar-refractivity contribution in [1.82, 2.24) is 0 Å². The zero-order chi connectivity index (χ0) is 18.8. The summed E-state index contributed by atoms with van der Waals surface area (Å²) in [6.07, 6.45) is 21.7. The largest absolute Gasteiger partial charge is 0.270 e. The van der Waals surface area contributed by atoms with Crippen LogP contribution in [0.2, 0.25) is 0 Å². The molecule has 0 saturated carbocycles. The van der Waals surface area contributed by atoms with Gasteiger partial charge < -0.3 is 0 Å². The van der Waals surface area contributed by atoms with Crippen LogP contribution in [0.25, 0.3) is 0 Å². The minimum atomic E-state index is -3.31. The van der Waals surface area contributed by atoms with Crippen molar-refractivity contribution in [1.29, 1.82) is 0 Å². The average Bonchev–Trinajstić information content (AvgIpc) is 2.56. The fourth-order valence-electron chi connectivity index (χ4n) is 3.31. The Hall–Kier alpha value is -0.0900. The predicted molar refractivity (Wildman–Crippen MR) is 110 cm³/mol. The summed E-state index contributed by atoms with van der Waals surface area (Å²) in [4.78, 5) is 0. The molecule has 0 aromatic rings. The first-order valence-corrected chi connectivity index (χ1v) is 12.7. The Labute approximate surface area is 158 Å². The van der Waals surface area contributed by atoms with E-state index in [2.05, 4.69) is 13.8 Å². The lowest BCUT2D eigenvalue weighted by atomic mass is 9.95. The molecule has 0 aromatic heterocycles. The van der Waals surface area contributed by atoms with Gasteiger partial charge in [0.1, 0.15) is 0 Å². The smallest absolute Gasteiger partial charge is 0.264 e. The third-order valence-electron chi connectivity index (χ3n) is 4.95. The van der Waals surface area contributed by atoms with E-state index in [1.807, 2.05) is 0 Å². The maximum Gasteiger partial charge on any atom is 0.264 e. The first kappa shape index (κ1) is 24.9. The van der Waals surface area contributed by atoms with Crippen LogP contribution < -0.4 is 0 Å². The number of unbranched alkanes of at least 4 members (excludes halogenated alkanes) is 12. The molecular weight excluding hydrogens is 332 g/mol. The Balaban J connectivity index is 3.85. The van der Waals surface area contributed by atoms with E-state index in [0.29, 0.717) is 12.5 Å². The molecule has 1 unspecified atom stereocenters. The zero-order valence-corrected chi connectivity index (χ0v) is 18.0. The minimum absolute atomic E-state index is 0.379. The molecule has 3 nitrogen and oxygen atoms in total. The molecule has 0 N–H and O–H groups in total. The van der Waals surface area contributed by atoms with E-state index in [1.165, 1.54) is 89.9 Å².